The van der Waals surface area contributed by atoms with Crippen molar-refractivity contribution in [2.24, 2.45) is 5.73 Å². The Balaban J connectivity index is 2.07. The smallest absolute Gasteiger partial charge is 0.293 e. The van der Waals surface area contributed by atoms with E-state index in [4.69, 9.17) is 5.73 Å². The first-order chi connectivity index (χ1) is 7.20. The summed E-state index contributed by atoms with van der Waals surface area (Å²) in [5, 5.41) is 6.62. The Morgan fingerprint density at radius 3 is 3.07 bits per heavy atom. The number of aryl methyl sites for hydroxylation is 1. The number of aromatic nitrogens is 3. The maximum Gasteiger partial charge on any atom is 0.293 e. The van der Waals surface area contributed by atoms with E-state index in [-0.39, 0.29) is 17.8 Å². The molecule has 6 heteroatoms. The van der Waals surface area contributed by atoms with Gasteiger partial charge >= 0.3 is 0 Å². The second-order valence-electron chi connectivity index (χ2n) is 3.76. The van der Waals surface area contributed by atoms with Crippen LogP contribution in [0.15, 0.2) is 0 Å². The minimum absolute atomic E-state index is 0.0959. The average Bonchev–Trinajstić information content (AvgIpc) is 2.84. The molecule has 15 heavy (non-hydrogen) atoms. The van der Waals surface area contributed by atoms with Crippen LogP contribution in [0.2, 0.25) is 0 Å². The molecule has 0 radical (unpaired) electrons. The van der Waals surface area contributed by atoms with Gasteiger partial charge in [0.05, 0.1) is 0 Å². The number of nitrogens with one attached hydrogen (secondary N) is 1. The zero-order valence-electron chi connectivity index (χ0n) is 8.73. The number of hydrogen-bond donors (Lipinski definition) is 2. The number of carbonyl (C=O) groups excluding carboxylic acids is 1. The van der Waals surface area contributed by atoms with Gasteiger partial charge in [-0.3, -0.25) is 9.89 Å². The van der Waals surface area contributed by atoms with Crippen molar-refractivity contribution in [2.45, 2.75) is 25.8 Å². The molecule has 1 aliphatic rings. The predicted molar refractivity (Wildman–Crippen MR) is 54.3 cm³/mol. The normalized spacial score (nSPS) is 20.9. The fourth-order valence-corrected chi connectivity index (χ4v) is 1.66. The molecule has 1 saturated heterocycles. The van der Waals surface area contributed by atoms with Crippen LogP contribution >= 0.6 is 0 Å². The zero-order chi connectivity index (χ0) is 10.8. The molecule has 1 aromatic heterocycles. The molecule has 6 nitrogen and oxygen atoms in total. The minimum atomic E-state index is -0.126. The van der Waals surface area contributed by atoms with Crippen molar-refractivity contribution in [3.05, 3.63) is 11.6 Å². The first-order valence-electron chi connectivity index (χ1n) is 5.17. The number of hydrogen-bond acceptors (Lipinski definition) is 4. The SMILES string of the molecule is CCc1nc(C(=O)N2CCC(N)C2)n[nH]1. The summed E-state index contributed by atoms with van der Waals surface area (Å²) < 4.78 is 0. The molecule has 2 heterocycles. The van der Waals surface area contributed by atoms with Crippen molar-refractivity contribution in [2.75, 3.05) is 13.1 Å². The van der Waals surface area contributed by atoms with Crippen molar-refractivity contribution in [1.82, 2.24) is 20.1 Å². The van der Waals surface area contributed by atoms with E-state index in [1.165, 1.54) is 0 Å². The van der Waals surface area contributed by atoms with E-state index >= 15 is 0 Å². The quantitative estimate of drug-likeness (QED) is 0.690. The first kappa shape index (κ1) is 10.1. The molecule has 1 fully saturated rings. The van der Waals surface area contributed by atoms with Crippen LogP contribution in [0, 0.1) is 0 Å². The van der Waals surface area contributed by atoms with E-state index in [0.717, 1.165) is 18.7 Å². The van der Waals surface area contributed by atoms with Gasteiger partial charge in [-0.05, 0) is 6.42 Å². The Kier molecular flexibility index (Phi) is 2.68. The van der Waals surface area contributed by atoms with Crippen molar-refractivity contribution >= 4 is 5.91 Å². The second-order valence-corrected chi connectivity index (χ2v) is 3.76. The molecule has 1 atom stereocenters. The first-order valence-corrected chi connectivity index (χ1v) is 5.17. The van der Waals surface area contributed by atoms with E-state index in [2.05, 4.69) is 15.2 Å². The number of likely N-dealkylation sites (tertiary alicyclic amines) is 1. The summed E-state index contributed by atoms with van der Waals surface area (Å²) in [5.41, 5.74) is 5.73. The number of amides is 1. The van der Waals surface area contributed by atoms with Crippen LogP contribution in [0.3, 0.4) is 0 Å². The molecule has 0 bridgehead atoms. The number of aromatic amines is 1. The molecule has 2 rings (SSSR count). The highest BCUT2D eigenvalue weighted by molar-refractivity contribution is 5.90. The minimum Gasteiger partial charge on any atom is -0.334 e. The third kappa shape index (κ3) is 1.99. The molecule has 1 aliphatic heterocycles. The van der Waals surface area contributed by atoms with Crippen LogP contribution in [0.5, 0.6) is 0 Å². The van der Waals surface area contributed by atoms with Gasteiger partial charge in [0, 0.05) is 25.6 Å². The van der Waals surface area contributed by atoms with Gasteiger partial charge in [0.15, 0.2) is 0 Å². The topological polar surface area (TPSA) is 87.9 Å². The number of nitrogens with zero attached hydrogens (tertiary/aromatic N) is 3. The lowest BCUT2D eigenvalue weighted by Crippen LogP contribution is -2.32. The Bertz CT molecular complexity index is 361. The van der Waals surface area contributed by atoms with Crippen molar-refractivity contribution < 1.29 is 4.79 Å². The molecule has 0 spiro atoms. The number of carbonyl (C=O) groups is 1. The molecule has 1 unspecified atom stereocenters. The summed E-state index contributed by atoms with van der Waals surface area (Å²) in [4.78, 5) is 17.6. The Morgan fingerprint density at radius 1 is 1.73 bits per heavy atom. The van der Waals surface area contributed by atoms with Gasteiger partial charge in [0.2, 0.25) is 5.82 Å². The van der Waals surface area contributed by atoms with Crippen LogP contribution in [-0.2, 0) is 6.42 Å². The monoisotopic (exact) mass is 209 g/mol. The van der Waals surface area contributed by atoms with Crippen LogP contribution < -0.4 is 5.73 Å². The molecule has 1 aromatic rings. The standard InChI is InChI=1S/C9H15N5O/c1-2-7-11-8(13-12-7)9(15)14-4-3-6(10)5-14/h6H,2-5,10H2,1H3,(H,11,12,13). The highest BCUT2D eigenvalue weighted by Gasteiger charge is 2.26. The summed E-state index contributed by atoms with van der Waals surface area (Å²) in [5.74, 6) is 0.863. The largest absolute Gasteiger partial charge is 0.334 e. The van der Waals surface area contributed by atoms with Crippen LogP contribution in [-0.4, -0.2) is 45.1 Å². The Morgan fingerprint density at radius 2 is 2.53 bits per heavy atom. The summed E-state index contributed by atoms with van der Waals surface area (Å²) in [6.45, 7) is 3.27. The molecule has 0 aromatic carbocycles. The second kappa shape index (κ2) is 3.98. The fourth-order valence-electron chi connectivity index (χ4n) is 1.66. The number of H-pyrrole nitrogens is 1. The summed E-state index contributed by atoms with van der Waals surface area (Å²) in [6.07, 6.45) is 1.61. The van der Waals surface area contributed by atoms with Crippen molar-refractivity contribution in [3.8, 4) is 0 Å². The third-order valence-corrected chi connectivity index (χ3v) is 2.57. The summed E-state index contributed by atoms with van der Waals surface area (Å²) >= 11 is 0. The Hall–Kier alpha value is -1.43. The Labute approximate surface area is 87.9 Å². The molecule has 0 aliphatic carbocycles. The molecular weight excluding hydrogens is 194 g/mol. The van der Waals surface area contributed by atoms with Gasteiger partial charge in [-0.15, -0.1) is 5.10 Å². The predicted octanol–water partition coefficient (Wildman–Crippen LogP) is -0.460. The van der Waals surface area contributed by atoms with Crippen LogP contribution in [0.25, 0.3) is 0 Å². The van der Waals surface area contributed by atoms with E-state index < -0.39 is 0 Å². The van der Waals surface area contributed by atoms with Crippen LogP contribution in [0.4, 0.5) is 0 Å². The lowest BCUT2D eigenvalue weighted by molar-refractivity contribution is 0.0779. The van der Waals surface area contributed by atoms with Gasteiger partial charge in [-0.2, -0.15) is 0 Å². The highest BCUT2D eigenvalue weighted by atomic mass is 16.2. The van der Waals surface area contributed by atoms with Gasteiger partial charge in [0.1, 0.15) is 5.82 Å². The molecular formula is C9H15N5O. The third-order valence-electron chi connectivity index (χ3n) is 2.57. The van der Waals surface area contributed by atoms with Gasteiger partial charge in [-0.25, -0.2) is 4.98 Å². The zero-order valence-corrected chi connectivity index (χ0v) is 8.73. The lowest BCUT2D eigenvalue weighted by Gasteiger charge is -2.12. The molecule has 3 N–H and O–H groups in total. The van der Waals surface area contributed by atoms with Crippen LogP contribution in [0.1, 0.15) is 29.8 Å². The average molecular weight is 209 g/mol. The fraction of sp³-hybridized carbons (Fsp3) is 0.667. The number of rotatable bonds is 2. The van der Waals surface area contributed by atoms with Gasteiger partial charge in [-0.1, -0.05) is 6.92 Å². The van der Waals surface area contributed by atoms with E-state index in [1.807, 2.05) is 6.92 Å². The number of nitrogens with two attached hydrogens (primary N) is 1. The van der Waals surface area contributed by atoms with E-state index in [1.54, 1.807) is 4.90 Å². The van der Waals surface area contributed by atoms with Crippen molar-refractivity contribution in [3.63, 3.8) is 0 Å². The maximum atomic E-state index is 11.8. The van der Waals surface area contributed by atoms with E-state index in [0.29, 0.717) is 13.1 Å². The maximum absolute atomic E-state index is 11.8. The molecule has 82 valence electrons. The van der Waals surface area contributed by atoms with Gasteiger partial charge in [0.25, 0.3) is 5.91 Å². The van der Waals surface area contributed by atoms with E-state index in [9.17, 15) is 4.79 Å². The summed E-state index contributed by atoms with van der Waals surface area (Å²) in [6, 6.07) is 0.0959. The highest BCUT2D eigenvalue weighted by Crippen LogP contribution is 2.09. The molecule has 1 amide bonds. The molecule has 0 saturated carbocycles. The summed E-state index contributed by atoms with van der Waals surface area (Å²) in [7, 11) is 0. The van der Waals surface area contributed by atoms with Crippen molar-refractivity contribution in [1.29, 1.82) is 0 Å². The lowest BCUT2D eigenvalue weighted by atomic mass is 10.3. The van der Waals surface area contributed by atoms with Gasteiger partial charge < -0.3 is 10.6 Å².